The molecule has 0 saturated heterocycles. The van der Waals surface area contributed by atoms with Crippen molar-refractivity contribution in [2.24, 2.45) is 11.8 Å². The van der Waals surface area contributed by atoms with E-state index in [2.05, 4.69) is 4.74 Å². The number of methoxy groups -OCH3 is 1. The van der Waals surface area contributed by atoms with Crippen molar-refractivity contribution in [1.82, 2.24) is 4.90 Å². The van der Waals surface area contributed by atoms with Crippen LogP contribution in [-0.4, -0.2) is 41.8 Å². The van der Waals surface area contributed by atoms with Crippen molar-refractivity contribution in [3.05, 3.63) is 0 Å². The number of rotatable bonds is 6. The maximum absolute atomic E-state index is 11.7. The largest absolute Gasteiger partial charge is 0.480 e. The first-order valence-electron chi connectivity index (χ1n) is 5.92. The predicted molar refractivity (Wildman–Crippen MR) is 64.8 cm³/mol. The van der Waals surface area contributed by atoms with E-state index >= 15 is 0 Å². The smallest absolute Gasteiger partial charge is 0.410 e. The lowest BCUT2D eigenvalue weighted by Gasteiger charge is -2.32. The van der Waals surface area contributed by atoms with E-state index in [-0.39, 0.29) is 11.8 Å². The van der Waals surface area contributed by atoms with Crippen LogP contribution < -0.4 is 0 Å². The molecule has 0 aliphatic heterocycles. The fraction of sp³-hybridized carbons (Fsp3) is 0.833. The summed E-state index contributed by atoms with van der Waals surface area (Å²) in [4.78, 5) is 24.3. The van der Waals surface area contributed by atoms with Gasteiger partial charge in [-0.25, -0.2) is 9.59 Å². The van der Waals surface area contributed by atoms with Gasteiger partial charge in [0, 0.05) is 6.54 Å². The molecule has 0 aromatic rings. The Morgan fingerprint density at radius 2 is 1.82 bits per heavy atom. The molecule has 0 radical (unpaired) electrons. The zero-order valence-electron chi connectivity index (χ0n) is 11.3. The Labute approximate surface area is 103 Å². The van der Waals surface area contributed by atoms with E-state index in [0.717, 1.165) is 0 Å². The van der Waals surface area contributed by atoms with Crippen LogP contribution >= 0.6 is 0 Å². The van der Waals surface area contributed by atoms with E-state index < -0.39 is 18.1 Å². The summed E-state index contributed by atoms with van der Waals surface area (Å²) in [6.45, 7) is 7.99. The van der Waals surface area contributed by atoms with Gasteiger partial charge in [0.15, 0.2) is 0 Å². The summed E-state index contributed by atoms with van der Waals surface area (Å²) in [5.74, 6) is -0.893. The predicted octanol–water partition coefficient (Wildman–Crippen LogP) is 2.21. The minimum absolute atomic E-state index is 0.106. The molecule has 0 rings (SSSR count). The van der Waals surface area contributed by atoms with Crippen LogP contribution in [0.4, 0.5) is 4.79 Å². The van der Waals surface area contributed by atoms with Gasteiger partial charge in [0.25, 0.3) is 0 Å². The first kappa shape index (κ1) is 15.7. The minimum atomic E-state index is -0.981. The first-order chi connectivity index (χ1) is 7.84. The number of aliphatic carboxylic acids is 1. The van der Waals surface area contributed by atoms with Crippen molar-refractivity contribution < 1.29 is 19.4 Å². The summed E-state index contributed by atoms with van der Waals surface area (Å²) in [6.07, 6.45) is 0.120. The number of carboxylic acid groups (broad SMARTS) is 1. The Morgan fingerprint density at radius 1 is 1.29 bits per heavy atom. The zero-order valence-corrected chi connectivity index (χ0v) is 11.3. The number of carbonyl (C=O) groups is 2. The number of nitrogens with zero attached hydrogens (tertiary/aromatic N) is 1. The number of hydrogen-bond acceptors (Lipinski definition) is 3. The quantitative estimate of drug-likeness (QED) is 0.779. The molecule has 1 amide bonds. The second-order valence-corrected chi connectivity index (χ2v) is 4.68. The van der Waals surface area contributed by atoms with Crippen molar-refractivity contribution in [2.75, 3.05) is 13.7 Å². The molecule has 17 heavy (non-hydrogen) atoms. The van der Waals surface area contributed by atoms with Crippen molar-refractivity contribution in [3.63, 3.8) is 0 Å². The average Bonchev–Trinajstić information content (AvgIpc) is 2.25. The lowest BCUT2D eigenvalue weighted by molar-refractivity contribution is -0.144. The Kier molecular flexibility index (Phi) is 6.61. The Morgan fingerprint density at radius 3 is 2.12 bits per heavy atom. The van der Waals surface area contributed by atoms with Gasteiger partial charge in [0.1, 0.15) is 6.04 Å². The van der Waals surface area contributed by atoms with Gasteiger partial charge < -0.3 is 9.84 Å². The Bertz CT molecular complexity index is 265. The summed E-state index contributed by atoms with van der Waals surface area (Å²) < 4.78 is 4.66. The van der Waals surface area contributed by atoms with Crippen molar-refractivity contribution in [3.8, 4) is 0 Å². The van der Waals surface area contributed by atoms with Gasteiger partial charge in [-0.1, -0.05) is 34.1 Å². The number of carbonyl (C=O) groups excluding carboxylic acids is 1. The molecule has 1 N–H and O–H groups in total. The molecule has 2 unspecified atom stereocenters. The molecule has 100 valence electrons. The molecule has 0 saturated carbocycles. The highest BCUT2D eigenvalue weighted by Crippen LogP contribution is 2.17. The van der Waals surface area contributed by atoms with E-state index in [0.29, 0.717) is 13.0 Å². The fourth-order valence-corrected chi connectivity index (χ4v) is 1.72. The number of amides is 1. The molecule has 5 nitrogen and oxygen atoms in total. The van der Waals surface area contributed by atoms with Crippen LogP contribution in [0, 0.1) is 11.8 Å². The van der Waals surface area contributed by atoms with Crippen LogP contribution in [0.3, 0.4) is 0 Å². The molecule has 0 aromatic heterocycles. The average molecular weight is 245 g/mol. The number of ether oxygens (including phenoxy) is 1. The lowest BCUT2D eigenvalue weighted by atomic mass is 9.97. The summed E-state index contributed by atoms with van der Waals surface area (Å²) in [6, 6.07) is -0.824. The standard InChI is InChI=1S/C12H23NO4/c1-6-9(4)10(11(14)15)13(7-8(2)3)12(16)17-5/h8-10H,6-7H2,1-5H3,(H,14,15). The molecule has 0 heterocycles. The molecule has 0 fully saturated rings. The monoisotopic (exact) mass is 245 g/mol. The van der Waals surface area contributed by atoms with Crippen LogP contribution in [0.5, 0.6) is 0 Å². The molecular formula is C12H23NO4. The minimum Gasteiger partial charge on any atom is -0.480 e. The fourth-order valence-electron chi connectivity index (χ4n) is 1.72. The van der Waals surface area contributed by atoms with Gasteiger partial charge in [-0.2, -0.15) is 0 Å². The van der Waals surface area contributed by atoms with Gasteiger partial charge >= 0.3 is 12.1 Å². The topological polar surface area (TPSA) is 66.8 Å². The summed E-state index contributed by atoms with van der Waals surface area (Å²) in [5, 5.41) is 9.25. The second kappa shape index (κ2) is 7.14. The summed E-state index contributed by atoms with van der Waals surface area (Å²) in [7, 11) is 1.27. The normalized spacial score (nSPS) is 14.2. The van der Waals surface area contributed by atoms with Gasteiger partial charge in [0.2, 0.25) is 0 Å². The van der Waals surface area contributed by atoms with Crippen molar-refractivity contribution in [1.29, 1.82) is 0 Å². The summed E-state index contributed by atoms with van der Waals surface area (Å²) >= 11 is 0. The molecule has 0 aliphatic carbocycles. The van der Waals surface area contributed by atoms with E-state index in [9.17, 15) is 14.7 Å². The van der Waals surface area contributed by atoms with Crippen LogP contribution in [0.15, 0.2) is 0 Å². The van der Waals surface area contributed by atoms with Gasteiger partial charge in [-0.15, -0.1) is 0 Å². The van der Waals surface area contributed by atoms with E-state index in [1.165, 1.54) is 12.0 Å². The van der Waals surface area contributed by atoms with Crippen molar-refractivity contribution in [2.45, 2.75) is 40.2 Å². The lowest BCUT2D eigenvalue weighted by Crippen LogP contribution is -2.50. The van der Waals surface area contributed by atoms with Crippen LogP contribution in [-0.2, 0) is 9.53 Å². The van der Waals surface area contributed by atoms with Crippen molar-refractivity contribution >= 4 is 12.1 Å². The molecule has 0 spiro atoms. The molecule has 0 aliphatic rings. The summed E-state index contributed by atoms with van der Waals surface area (Å²) in [5.41, 5.74) is 0. The maximum Gasteiger partial charge on any atom is 0.410 e. The van der Waals surface area contributed by atoms with E-state index in [1.807, 2.05) is 27.7 Å². The third-order valence-corrected chi connectivity index (χ3v) is 2.74. The highest BCUT2D eigenvalue weighted by Gasteiger charge is 2.34. The third-order valence-electron chi connectivity index (χ3n) is 2.74. The highest BCUT2D eigenvalue weighted by molar-refractivity contribution is 5.80. The maximum atomic E-state index is 11.7. The third kappa shape index (κ3) is 4.63. The number of hydrogen-bond donors (Lipinski definition) is 1. The Balaban J connectivity index is 5.06. The first-order valence-corrected chi connectivity index (χ1v) is 5.92. The van der Waals surface area contributed by atoms with Gasteiger partial charge in [0.05, 0.1) is 7.11 Å². The zero-order chi connectivity index (χ0) is 13.6. The van der Waals surface area contributed by atoms with Gasteiger partial charge in [-0.3, -0.25) is 4.90 Å². The molecular weight excluding hydrogens is 222 g/mol. The molecule has 5 heteroatoms. The second-order valence-electron chi connectivity index (χ2n) is 4.68. The SMILES string of the molecule is CCC(C)C(C(=O)O)N(CC(C)C)C(=O)OC. The highest BCUT2D eigenvalue weighted by atomic mass is 16.5. The van der Waals surface area contributed by atoms with Crippen LogP contribution in [0.2, 0.25) is 0 Å². The van der Waals surface area contributed by atoms with E-state index in [1.54, 1.807) is 0 Å². The van der Waals surface area contributed by atoms with Crippen LogP contribution in [0.1, 0.15) is 34.1 Å². The molecule has 0 aromatic carbocycles. The van der Waals surface area contributed by atoms with E-state index in [4.69, 9.17) is 0 Å². The Hall–Kier alpha value is -1.26. The number of carboxylic acids is 1. The molecule has 0 bridgehead atoms. The molecule has 2 atom stereocenters. The van der Waals surface area contributed by atoms with Crippen LogP contribution in [0.25, 0.3) is 0 Å². The van der Waals surface area contributed by atoms with Gasteiger partial charge in [-0.05, 0) is 11.8 Å².